The molecule has 22 heavy (non-hydrogen) atoms. The van der Waals surface area contributed by atoms with E-state index >= 15 is 0 Å². The van der Waals surface area contributed by atoms with E-state index in [2.05, 4.69) is 4.74 Å². The van der Waals surface area contributed by atoms with Crippen LogP contribution in [0.2, 0.25) is 0 Å². The van der Waals surface area contributed by atoms with Gasteiger partial charge in [-0.2, -0.15) is 13.2 Å². The van der Waals surface area contributed by atoms with Gasteiger partial charge in [-0.15, -0.1) is 0 Å². The molecule has 0 spiro atoms. The highest BCUT2D eigenvalue weighted by atomic mass is 19.3. The first-order valence-corrected chi connectivity index (χ1v) is 6.54. The van der Waals surface area contributed by atoms with Crippen molar-refractivity contribution in [3.05, 3.63) is 23.5 Å². The van der Waals surface area contributed by atoms with Gasteiger partial charge in [-0.1, -0.05) is 6.07 Å². The summed E-state index contributed by atoms with van der Waals surface area (Å²) >= 11 is 0. The van der Waals surface area contributed by atoms with Crippen molar-refractivity contribution in [2.24, 2.45) is 0 Å². The molecule has 1 aromatic carbocycles. The van der Waals surface area contributed by atoms with E-state index in [1.165, 1.54) is 13.2 Å². The molecule has 0 aliphatic carbocycles. The second kappa shape index (κ2) is 6.43. The van der Waals surface area contributed by atoms with Gasteiger partial charge in [0, 0.05) is 11.5 Å². The zero-order valence-corrected chi connectivity index (χ0v) is 11.9. The van der Waals surface area contributed by atoms with Gasteiger partial charge in [0.1, 0.15) is 0 Å². The molecule has 0 bridgehead atoms. The summed E-state index contributed by atoms with van der Waals surface area (Å²) in [4.78, 5) is 11.2. The molecule has 0 aromatic heterocycles. The third-order valence-corrected chi connectivity index (χ3v) is 3.49. The summed E-state index contributed by atoms with van der Waals surface area (Å²) in [5.74, 6) is -3.88. The maximum absolute atomic E-state index is 14.2. The van der Waals surface area contributed by atoms with Crippen molar-refractivity contribution in [3.8, 4) is 11.5 Å². The number of carboxylic acid groups (broad SMARTS) is 1. The largest absolute Gasteiger partial charge is 0.493 e. The van der Waals surface area contributed by atoms with Crippen LogP contribution in [0.1, 0.15) is 24.8 Å². The zero-order chi connectivity index (χ0) is 16.4. The Balaban J connectivity index is 2.42. The zero-order valence-electron chi connectivity index (χ0n) is 11.9. The number of alkyl halides is 2. The fourth-order valence-electron chi connectivity index (χ4n) is 2.64. The van der Waals surface area contributed by atoms with Gasteiger partial charge < -0.3 is 19.3 Å². The molecule has 1 aliphatic rings. The predicted octanol–water partition coefficient (Wildman–Crippen LogP) is 2.78. The molecule has 1 aromatic rings. The number of aliphatic carboxylic acids is 1. The Morgan fingerprint density at radius 3 is 2.68 bits per heavy atom. The summed E-state index contributed by atoms with van der Waals surface area (Å²) in [7, 11) is 1.17. The van der Waals surface area contributed by atoms with E-state index in [-0.39, 0.29) is 17.4 Å². The first kappa shape index (κ1) is 16.4. The van der Waals surface area contributed by atoms with Gasteiger partial charge in [-0.05, 0) is 19.4 Å². The Bertz CT molecular complexity index is 564. The third kappa shape index (κ3) is 3.11. The fraction of sp³-hybridized carbons (Fsp3) is 0.500. The lowest BCUT2D eigenvalue weighted by atomic mass is 9.90. The number of hydrogen-bond acceptors (Lipinski definition) is 4. The minimum Gasteiger partial charge on any atom is -0.493 e. The van der Waals surface area contributed by atoms with Crippen LogP contribution in [0.3, 0.4) is 0 Å². The highest BCUT2D eigenvalue weighted by Crippen LogP contribution is 2.42. The molecule has 5 nitrogen and oxygen atoms in total. The monoisotopic (exact) mass is 320 g/mol. The van der Waals surface area contributed by atoms with Gasteiger partial charge in [-0.25, -0.2) is 4.79 Å². The number of benzene rings is 1. The minimum absolute atomic E-state index is 0.248. The molecule has 122 valence electrons. The van der Waals surface area contributed by atoms with Gasteiger partial charge in [0.2, 0.25) is 5.82 Å². The van der Waals surface area contributed by atoms with Crippen LogP contribution in [0, 0.1) is 5.82 Å². The van der Waals surface area contributed by atoms with Crippen molar-refractivity contribution in [1.82, 2.24) is 0 Å². The highest BCUT2D eigenvalue weighted by Gasteiger charge is 2.41. The average Bonchev–Trinajstić information content (AvgIpc) is 2.82. The maximum atomic E-state index is 14.2. The SMILES string of the molecule is COc1c(C2CC(C)OC2C(=O)O)ccc(OC(F)F)c1F. The summed E-state index contributed by atoms with van der Waals surface area (Å²) in [6, 6.07) is 2.35. The molecule has 0 saturated carbocycles. The Morgan fingerprint density at radius 1 is 1.45 bits per heavy atom. The molecule has 1 N–H and O–H groups in total. The van der Waals surface area contributed by atoms with Crippen LogP contribution in [0.15, 0.2) is 12.1 Å². The normalized spacial score (nSPS) is 24.5. The summed E-state index contributed by atoms with van der Waals surface area (Å²) in [6.45, 7) is -1.47. The number of halogens is 3. The molecule has 0 radical (unpaired) electrons. The van der Waals surface area contributed by atoms with E-state index < -0.39 is 36.2 Å². The lowest BCUT2D eigenvalue weighted by Gasteiger charge is -2.19. The second-order valence-electron chi connectivity index (χ2n) is 4.93. The van der Waals surface area contributed by atoms with E-state index in [0.29, 0.717) is 6.42 Å². The molecule has 1 aliphatic heterocycles. The number of methoxy groups -OCH3 is 1. The Labute approximate surface area is 124 Å². The molecule has 1 heterocycles. The standard InChI is InChI=1S/C14H15F3O5/c1-6-5-8(12(21-6)13(18)19)7-3-4-9(22-14(16)17)10(15)11(7)20-2/h3-4,6,8,12,14H,5H2,1-2H3,(H,18,19). The lowest BCUT2D eigenvalue weighted by Crippen LogP contribution is -2.25. The molecule has 8 heteroatoms. The minimum atomic E-state index is -3.17. The lowest BCUT2D eigenvalue weighted by molar-refractivity contribution is -0.149. The Hall–Kier alpha value is -1.96. The molecule has 2 rings (SSSR count). The molecular weight excluding hydrogens is 305 g/mol. The van der Waals surface area contributed by atoms with Crippen molar-refractivity contribution >= 4 is 5.97 Å². The van der Waals surface area contributed by atoms with E-state index in [1.54, 1.807) is 6.92 Å². The topological polar surface area (TPSA) is 65.0 Å². The van der Waals surface area contributed by atoms with Crippen LogP contribution in [-0.4, -0.2) is 37.0 Å². The molecule has 1 fully saturated rings. The first-order chi connectivity index (χ1) is 10.3. The van der Waals surface area contributed by atoms with Crippen molar-refractivity contribution < 1.29 is 37.3 Å². The number of ether oxygens (including phenoxy) is 3. The van der Waals surface area contributed by atoms with Crippen LogP contribution >= 0.6 is 0 Å². The van der Waals surface area contributed by atoms with Crippen LogP contribution in [0.4, 0.5) is 13.2 Å². The van der Waals surface area contributed by atoms with Gasteiger partial charge in [0.25, 0.3) is 0 Å². The Morgan fingerprint density at radius 2 is 2.14 bits per heavy atom. The molecule has 3 unspecified atom stereocenters. The second-order valence-corrected chi connectivity index (χ2v) is 4.93. The number of hydrogen-bond donors (Lipinski definition) is 1. The summed E-state index contributed by atoms with van der Waals surface area (Å²) < 4.78 is 52.9. The van der Waals surface area contributed by atoms with Crippen LogP contribution in [0.5, 0.6) is 11.5 Å². The smallest absolute Gasteiger partial charge is 0.387 e. The number of carbonyl (C=O) groups is 1. The Kier molecular flexibility index (Phi) is 4.80. The van der Waals surface area contributed by atoms with Crippen LogP contribution in [-0.2, 0) is 9.53 Å². The molecular formula is C14H15F3O5. The first-order valence-electron chi connectivity index (χ1n) is 6.54. The molecule has 0 amide bonds. The van der Waals surface area contributed by atoms with Crippen molar-refractivity contribution in [2.75, 3.05) is 7.11 Å². The maximum Gasteiger partial charge on any atom is 0.387 e. The summed E-state index contributed by atoms with van der Waals surface area (Å²) in [5, 5.41) is 9.19. The van der Waals surface area contributed by atoms with Gasteiger partial charge >= 0.3 is 12.6 Å². The van der Waals surface area contributed by atoms with E-state index in [4.69, 9.17) is 9.47 Å². The van der Waals surface area contributed by atoms with Crippen molar-refractivity contribution in [1.29, 1.82) is 0 Å². The average molecular weight is 320 g/mol. The number of rotatable bonds is 5. The third-order valence-electron chi connectivity index (χ3n) is 3.49. The summed E-state index contributed by atoms with van der Waals surface area (Å²) in [6.07, 6.45) is -1.12. The fourth-order valence-corrected chi connectivity index (χ4v) is 2.64. The predicted molar refractivity (Wildman–Crippen MR) is 68.9 cm³/mol. The highest BCUT2D eigenvalue weighted by molar-refractivity contribution is 5.74. The van der Waals surface area contributed by atoms with E-state index in [0.717, 1.165) is 6.07 Å². The summed E-state index contributed by atoms with van der Waals surface area (Å²) in [5.41, 5.74) is 0.248. The quantitative estimate of drug-likeness (QED) is 0.904. The molecule has 1 saturated heterocycles. The van der Waals surface area contributed by atoms with Gasteiger partial charge in [0.05, 0.1) is 13.2 Å². The van der Waals surface area contributed by atoms with Crippen molar-refractivity contribution in [2.45, 2.75) is 38.1 Å². The number of carboxylic acids is 1. The van der Waals surface area contributed by atoms with E-state index in [9.17, 15) is 23.1 Å². The van der Waals surface area contributed by atoms with Crippen LogP contribution < -0.4 is 9.47 Å². The van der Waals surface area contributed by atoms with Crippen molar-refractivity contribution in [3.63, 3.8) is 0 Å². The molecule has 3 atom stereocenters. The van der Waals surface area contributed by atoms with Crippen LogP contribution in [0.25, 0.3) is 0 Å². The van der Waals surface area contributed by atoms with Gasteiger partial charge in [0.15, 0.2) is 17.6 Å². The van der Waals surface area contributed by atoms with Gasteiger partial charge in [-0.3, -0.25) is 0 Å². The van der Waals surface area contributed by atoms with E-state index in [1.807, 2.05) is 0 Å².